The van der Waals surface area contributed by atoms with Gasteiger partial charge >= 0.3 is 5.97 Å². The molecule has 4 nitrogen and oxygen atoms in total. The Hall–Kier alpha value is -2.21. The van der Waals surface area contributed by atoms with Crippen molar-refractivity contribution >= 4 is 27.8 Å². The molecule has 1 amide bonds. The molecule has 2 N–H and O–H groups in total. The van der Waals surface area contributed by atoms with Gasteiger partial charge in [0.1, 0.15) is 5.82 Å². The molecule has 0 spiro atoms. The molecule has 0 aliphatic heterocycles. The first-order valence-corrected chi connectivity index (χ1v) is 11.0. The largest absolute Gasteiger partial charge is 0.481 e. The highest BCUT2D eigenvalue weighted by molar-refractivity contribution is 9.10. The molecule has 30 heavy (non-hydrogen) atoms. The van der Waals surface area contributed by atoms with Crippen molar-refractivity contribution in [1.29, 1.82) is 0 Å². The number of alkyl halides is 1. The highest BCUT2D eigenvalue weighted by atomic mass is 79.9. The maximum Gasteiger partial charge on any atom is 0.305 e. The van der Waals surface area contributed by atoms with Crippen LogP contribution in [0.15, 0.2) is 30.3 Å². The second-order valence-electron chi connectivity index (χ2n) is 8.16. The predicted molar refractivity (Wildman–Crippen MR) is 121 cm³/mol. The van der Waals surface area contributed by atoms with Crippen LogP contribution < -0.4 is 5.32 Å². The molecular formula is C24H29BrFNO3. The highest BCUT2D eigenvalue weighted by Gasteiger charge is 2.28. The molecule has 6 heteroatoms. The van der Waals surface area contributed by atoms with Crippen molar-refractivity contribution < 1.29 is 19.1 Å². The highest BCUT2D eigenvalue weighted by Crippen LogP contribution is 2.35. The first-order valence-electron chi connectivity index (χ1n) is 10.0. The van der Waals surface area contributed by atoms with Gasteiger partial charge in [0.15, 0.2) is 0 Å². The monoisotopic (exact) mass is 477 g/mol. The summed E-state index contributed by atoms with van der Waals surface area (Å²) in [6, 6.07) is 8.60. The second kappa shape index (κ2) is 10.2. The quantitative estimate of drug-likeness (QED) is 0.467. The van der Waals surface area contributed by atoms with Gasteiger partial charge in [-0.05, 0) is 67.0 Å². The van der Waals surface area contributed by atoms with E-state index in [0.29, 0.717) is 17.5 Å². The van der Waals surface area contributed by atoms with E-state index in [4.69, 9.17) is 0 Å². The molecule has 2 unspecified atom stereocenters. The van der Waals surface area contributed by atoms with Crippen LogP contribution in [-0.4, -0.2) is 21.8 Å². The third-order valence-electron chi connectivity index (χ3n) is 5.19. The van der Waals surface area contributed by atoms with Gasteiger partial charge in [0, 0.05) is 5.56 Å². The number of carbonyl (C=O) groups excluding carboxylic acids is 1. The summed E-state index contributed by atoms with van der Waals surface area (Å²) in [7, 11) is 0. The van der Waals surface area contributed by atoms with E-state index in [1.165, 1.54) is 0 Å². The number of halogens is 2. The Kier molecular flexibility index (Phi) is 8.18. The Bertz CT molecular complexity index is 942. The second-order valence-corrected chi connectivity index (χ2v) is 9.27. The number of aryl methyl sites for hydroxylation is 2. The van der Waals surface area contributed by atoms with Crippen molar-refractivity contribution in [2.45, 2.75) is 58.3 Å². The topological polar surface area (TPSA) is 66.4 Å². The number of carboxylic acids is 1. The predicted octanol–water partition coefficient (Wildman–Crippen LogP) is 5.86. The van der Waals surface area contributed by atoms with Crippen molar-refractivity contribution in [2.75, 3.05) is 0 Å². The molecule has 0 bridgehead atoms. The molecule has 0 saturated carbocycles. The molecule has 162 valence electrons. The summed E-state index contributed by atoms with van der Waals surface area (Å²) in [5.74, 6) is -1.64. The van der Waals surface area contributed by atoms with Gasteiger partial charge in [-0.3, -0.25) is 9.59 Å². The number of amides is 1. The van der Waals surface area contributed by atoms with Crippen molar-refractivity contribution in [3.63, 3.8) is 0 Å². The summed E-state index contributed by atoms with van der Waals surface area (Å²) >= 11 is 3.37. The lowest BCUT2D eigenvalue weighted by Crippen LogP contribution is -2.37. The molecule has 2 rings (SSSR count). The summed E-state index contributed by atoms with van der Waals surface area (Å²) in [5.41, 5.74) is 4.11. The molecule has 0 aliphatic rings. The smallest absolute Gasteiger partial charge is 0.305 e. The van der Waals surface area contributed by atoms with Crippen molar-refractivity contribution in [1.82, 2.24) is 5.32 Å². The fraction of sp³-hybridized carbons (Fsp3) is 0.417. The normalized spacial score (nSPS) is 13.2. The van der Waals surface area contributed by atoms with Gasteiger partial charge in [0.2, 0.25) is 5.91 Å². The number of nitrogens with one attached hydrogen (secondary N) is 1. The van der Waals surface area contributed by atoms with Gasteiger partial charge in [0.05, 0.1) is 17.3 Å². The van der Waals surface area contributed by atoms with E-state index in [0.717, 1.165) is 16.7 Å². The Morgan fingerprint density at radius 2 is 1.73 bits per heavy atom. The van der Waals surface area contributed by atoms with E-state index >= 15 is 4.39 Å². The third kappa shape index (κ3) is 5.69. The van der Waals surface area contributed by atoms with Crippen LogP contribution in [0, 0.1) is 32.5 Å². The zero-order valence-electron chi connectivity index (χ0n) is 18.1. The number of hydrogen-bond donors (Lipinski definition) is 2. The summed E-state index contributed by atoms with van der Waals surface area (Å²) in [6.45, 7) is 9.40. The van der Waals surface area contributed by atoms with Gasteiger partial charge in [-0.25, -0.2) is 4.39 Å². The maximum absolute atomic E-state index is 15.3. The third-order valence-corrected chi connectivity index (χ3v) is 5.98. The van der Waals surface area contributed by atoms with Crippen LogP contribution in [0.5, 0.6) is 0 Å². The van der Waals surface area contributed by atoms with E-state index in [-0.39, 0.29) is 17.4 Å². The van der Waals surface area contributed by atoms with Crippen LogP contribution in [0.2, 0.25) is 0 Å². The van der Waals surface area contributed by atoms with Crippen LogP contribution in [0.4, 0.5) is 4.39 Å². The summed E-state index contributed by atoms with van der Waals surface area (Å²) in [6.07, 6.45) is 0.191. The van der Waals surface area contributed by atoms with Crippen LogP contribution in [0.25, 0.3) is 11.1 Å². The molecule has 0 fully saturated rings. The standard InChI is InChI=1S/C24H29BrFNO3/c1-13(2)10-19(25)24(30)27-20(12-21(28)29)22-16(5)18(11-15(4)23(22)26)17-9-7-6-8-14(17)3/h6-9,11,13,19-20H,10,12H2,1-5H3,(H,27,30)(H,28,29). The van der Waals surface area contributed by atoms with Crippen LogP contribution in [0.1, 0.15) is 55.0 Å². The minimum atomic E-state index is -1.10. The molecule has 2 aromatic rings. The Balaban J connectivity index is 2.56. The molecule has 2 atom stereocenters. The van der Waals surface area contributed by atoms with Crippen LogP contribution in [-0.2, 0) is 9.59 Å². The lowest BCUT2D eigenvalue weighted by atomic mass is 9.87. The summed E-state index contributed by atoms with van der Waals surface area (Å²) in [4.78, 5) is 23.8. The molecule has 2 aromatic carbocycles. The minimum absolute atomic E-state index is 0.230. The molecule has 0 heterocycles. The molecular weight excluding hydrogens is 449 g/mol. The van der Waals surface area contributed by atoms with Gasteiger partial charge in [-0.1, -0.05) is 54.0 Å². The SMILES string of the molecule is Cc1ccccc1-c1cc(C)c(F)c(C(CC(=O)O)NC(=O)C(Br)CC(C)C)c1C. The molecule has 0 radical (unpaired) electrons. The number of carbonyl (C=O) groups is 2. The van der Waals surface area contributed by atoms with E-state index in [1.54, 1.807) is 19.9 Å². The first kappa shape index (κ1) is 24.1. The van der Waals surface area contributed by atoms with Crippen molar-refractivity contribution in [3.8, 4) is 11.1 Å². The average Bonchev–Trinajstić information content (AvgIpc) is 2.64. The number of benzene rings is 2. The van der Waals surface area contributed by atoms with Gasteiger partial charge in [0.25, 0.3) is 0 Å². The van der Waals surface area contributed by atoms with E-state index in [2.05, 4.69) is 21.2 Å². The molecule has 0 saturated heterocycles. The minimum Gasteiger partial charge on any atom is -0.481 e. The first-order chi connectivity index (χ1) is 14.0. The van der Waals surface area contributed by atoms with Gasteiger partial charge in [-0.15, -0.1) is 0 Å². The maximum atomic E-state index is 15.3. The summed E-state index contributed by atoms with van der Waals surface area (Å²) in [5, 5.41) is 12.2. The molecule has 0 aromatic heterocycles. The fourth-order valence-corrected chi connectivity index (χ4v) is 4.54. The van der Waals surface area contributed by atoms with Crippen LogP contribution in [0.3, 0.4) is 0 Å². The van der Waals surface area contributed by atoms with Crippen molar-refractivity contribution in [3.05, 3.63) is 58.4 Å². The fourth-order valence-electron chi connectivity index (χ4n) is 3.66. The van der Waals surface area contributed by atoms with Crippen molar-refractivity contribution in [2.24, 2.45) is 5.92 Å². The van der Waals surface area contributed by atoms with E-state index in [1.807, 2.05) is 45.0 Å². The van der Waals surface area contributed by atoms with E-state index < -0.39 is 29.1 Å². The molecule has 0 aliphatic carbocycles. The number of hydrogen-bond acceptors (Lipinski definition) is 2. The average molecular weight is 478 g/mol. The Morgan fingerprint density at radius 3 is 2.30 bits per heavy atom. The zero-order chi connectivity index (χ0) is 22.6. The van der Waals surface area contributed by atoms with Crippen LogP contribution >= 0.6 is 15.9 Å². The van der Waals surface area contributed by atoms with Gasteiger partial charge in [-0.2, -0.15) is 0 Å². The number of aliphatic carboxylic acids is 1. The van der Waals surface area contributed by atoms with Gasteiger partial charge < -0.3 is 10.4 Å². The lowest BCUT2D eigenvalue weighted by Gasteiger charge is -2.25. The Labute approximate surface area is 186 Å². The summed E-state index contributed by atoms with van der Waals surface area (Å²) < 4.78 is 15.3. The van der Waals surface area contributed by atoms with E-state index in [9.17, 15) is 14.7 Å². The zero-order valence-corrected chi connectivity index (χ0v) is 19.6. The Morgan fingerprint density at radius 1 is 1.10 bits per heavy atom. The lowest BCUT2D eigenvalue weighted by molar-refractivity contribution is -0.137. The number of rotatable bonds is 8. The number of carboxylic acid groups (broad SMARTS) is 1.